The van der Waals surface area contributed by atoms with Crippen LogP contribution >= 0.6 is 24.0 Å². The number of carbonyl (C=O) groups is 1. The summed E-state index contributed by atoms with van der Waals surface area (Å²) < 4.78 is 0. The summed E-state index contributed by atoms with van der Waals surface area (Å²) in [6.45, 7) is 5.65. The molecule has 1 aliphatic heterocycles. The topological polar surface area (TPSA) is 99.9 Å². The SMILES string of the molecule is CN=C(NCc1cccc([N+](=O)[O-])c1)NC1CCN(C(=O)C(C)C)C1.I. The van der Waals surface area contributed by atoms with Gasteiger partial charge in [0.15, 0.2) is 5.96 Å². The van der Waals surface area contributed by atoms with Crippen molar-refractivity contribution in [1.29, 1.82) is 0 Å². The average Bonchev–Trinajstić information content (AvgIpc) is 3.06. The molecule has 8 nitrogen and oxygen atoms in total. The number of nitrogens with zero attached hydrogens (tertiary/aromatic N) is 3. The van der Waals surface area contributed by atoms with E-state index in [2.05, 4.69) is 15.6 Å². The van der Waals surface area contributed by atoms with Gasteiger partial charge in [-0.05, 0) is 12.0 Å². The van der Waals surface area contributed by atoms with Crippen LogP contribution in [-0.4, -0.2) is 47.9 Å². The van der Waals surface area contributed by atoms with Crippen molar-refractivity contribution in [2.45, 2.75) is 32.9 Å². The van der Waals surface area contributed by atoms with Gasteiger partial charge in [0.2, 0.25) is 5.91 Å². The van der Waals surface area contributed by atoms with E-state index >= 15 is 0 Å². The monoisotopic (exact) mass is 475 g/mol. The fraction of sp³-hybridized carbons (Fsp3) is 0.529. The minimum Gasteiger partial charge on any atom is -0.352 e. The lowest BCUT2D eigenvalue weighted by atomic mass is 10.2. The van der Waals surface area contributed by atoms with Crippen molar-refractivity contribution in [3.8, 4) is 0 Å². The van der Waals surface area contributed by atoms with Crippen molar-refractivity contribution in [2.75, 3.05) is 20.1 Å². The highest BCUT2D eigenvalue weighted by atomic mass is 127. The minimum atomic E-state index is -0.407. The van der Waals surface area contributed by atoms with Crippen LogP contribution < -0.4 is 10.6 Å². The summed E-state index contributed by atoms with van der Waals surface area (Å²) in [6.07, 6.45) is 0.871. The number of hydrogen-bond donors (Lipinski definition) is 2. The number of halogens is 1. The Hall–Kier alpha value is -1.91. The number of nitro groups is 1. The van der Waals surface area contributed by atoms with Gasteiger partial charge in [-0.1, -0.05) is 26.0 Å². The first-order chi connectivity index (χ1) is 11.9. The molecule has 26 heavy (non-hydrogen) atoms. The van der Waals surface area contributed by atoms with E-state index in [1.807, 2.05) is 24.8 Å². The van der Waals surface area contributed by atoms with Crippen LogP contribution in [0.1, 0.15) is 25.8 Å². The van der Waals surface area contributed by atoms with Crippen molar-refractivity contribution >= 4 is 41.5 Å². The molecular formula is C17H26IN5O3. The molecule has 0 bridgehead atoms. The Bertz CT molecular complexity index is 666. The molecule has 1 aliphatic rings. The first kappa shape index (κ1) is 22.1. The number of carbonyl (C=O) groups excluding carboxylic acids is 1. The molecule has 9 heteroatoms. The summed E-state index contributed by atoms with van der Waals surface area (Å²) in [6, 6.07) is 6.65. The summed E-state index contributed by atoms with van der Waals surface area (Å²) in [7, 11) is 1.68. The van der Waals surface area contributed by atoms with Gasteiger partial charge in [-0.25, -0.2) is 0 Å². The molecule has 1 saturated heterocycles. The zero-order valence-corrected chi connectivity index (χ0v) is 17.6. The van der Waals surface area contributed by atoms with Gasteiger partial charge in [0.25, 0.3) is 5.69 Å². The van der Waals surface area contributed by atoms with Crippen LogP contribution in [0.4, 0.5) is 5.69 Å². The van der Waals surface area contributed by atoms with Crippen LogP contribution in [0.5, 0.6) is 0 Å². The fourth-order valence-electron chi connectivity index (χ4n) is 2.80. The van der Waals surface area contributed by atoms with Gasteiger partial charge in [-0.15, -0.1) is 24.0 Å². The van der Waals surface area contributed by atoms with Crippen LogP contribution in [0.2, 0.25) is 0 Å². The maximum absolute atomic E-state index is 12.0. The van der Waals surface area contributed by atoms with E-state index in [0.29, 0.717) is 19.0 Å². The molecule has 2 N–H and O–H groups in total. The molecule has 144 valence electrons. The van der Waals surface area contributed by atoms with Crippen molar-refractivity contribution in [1.82, 2.24) is 15.5 Å². The quantitative estimate of drug-likeness (QED) is 0.224. The maximum Gasteiger partial charge on any atom is 0.269 e. The molecule has 0 aliphatic carbocycles. The lowest BCUT2D eigenvalue weighted by molar-refractivity contribution is -0.384. The van der Waals surface area contributed by atoms with Gasteiger partial charge in [0.1, 0.15) is 0 Å². The number of guanidine groups is 1. The number of nitro benzene ring substituents is 1. The summed E-state index contributed by atoms with van der Waals surface area (Å²) in [5.41, 5.74) is 0.876. The van der Waals surface area contributed by atoms with E-state index < -0.39 is 4.92 Å². The first-order valence-corrected chi connectivity index (χ1v) is 8.40. The summed E-state index contributed by atoms with van der Waals surface area (Å²) in [4.78, 5) is 28.5. The van der Waals surface area contributed by atoms with E-state index in [1.165, 1.54) is 6.07 Å². The molecule has 0 saturated carbocycles. The number of nitrogens with one attached hydrogen (secondary N) is 2. The van der Waals surface area contributed by atoms with Gasteiger partial charge in [0.05, 0.1) is 4.92 Å². The van der Waals surface area contributed by atoms with E-state index in [1.54, 1.807) is 19.2 Å². The smallest absolute Gasteiger partial charge is 0.269 e. The fourth-order valence-corrected chi connectivity index (χ4v) is 2.80. The minimum absolute atomic E-state index is 0. The highest BCUT2D eigenvalue weighted by Crippen LogP contribution is 2.14. The Kier molecular flexibility index (Phi) is 8.76. The van der Waals surface area contributed by atoms with Gasteiger partial charge < -0.3 is 15.5 Å². The zero-order valence-electron chi connectivity index (χ0n) is 15.3. The van der Waals surface area contributed by atoms with Crippen LogP contribution in [-0.2, 0) is 11.3 Å². The van der Waals surface area contributed by atoms with Crippen LogP contribution in [0.25, 0.3) is 0 Å². The lowest BCUT2D eigenvalue weighted by Crippen LogP contribution is -2.45. The van der Waals surface area contributed by atoms with E-state index in [-0.39, 0.29) is 47.5 Å². The zero-order chi connectivity index (χ0) is 18.4. The number of benzene rings is 1. The highest BCUT2D eigenvalue weighted by molar-refractivity contribution is 14.0. The Morgan fingerprint density at radius 2 is 2.19 bits per heavy atom. The first-order valence-electron chi connectivity index (χ1n) is 8.40. The number of likely N-dealkylation sites (tertiary alicyclic amines) is 1. The third-order valence-corrected chi connectivity index (χ3v) is 4.14. The number of non-ortho nitro benzene ring substituents is 1. The Labute approximate surface area is 170 Å². The molecule has 1 unspecified atom stereocenters. The number of hydrogen-bond acceptors (Lipinski definition) is 4. The van der Waals surface area contributed by atoms with Crippen LogP contribution in [0.3, 0.4) is 0 Å². The lowest BCUT2D eigenvalue weighted by Gasteiger charge is -2.20. The highest BCUT2D eigenvalue weighted by Gasteiger charge is 2.27. The van der Waals surface area contributed by atoms with Crippen molar-refractivity contribution in [3.05, 3.63) is 39.9 Å². The molecule has 1 aromatic rings. The van der Waals surface area contributed by atoms with Crippen molar-refractivity contribution < 1.29 is 9.72 Å². The summed E-state index contributed by atoms with van der Waals surface area (Å²) in [5, 5.41) is 17.3. The third-order valence-electron chi connectivity index (χ3n) is 4.14. The Morgan fingerprint density at radius 3 is 2.81 bits per heavy atom. The largest absolute Gasteiger partial charge is 0.352 e. The molecule has 1 fully saturated rings. The maximum atomic E-state index is 12.0. The van der Waals surface area contributed by atoms with Crippen molar-refractivity contribution in [3.63, 3.8) is 0 Å². The normalized spacial score (nSPS) is 17.0. The van der Waals surface area contributed by atoms with E-state index in [0.717, 1.165) is 18.5 Å². The molecule has 0 spiro atoms. The standard InChI is InChI=1S/C17H25N5O3.HI/c1-12(2)16(23)21-8-7-14(11-21)20-17(18-3)19-10-13-5-4-6-15(9-13)22(24)25;/h4-6,9,12,14H,7-8,10-11H2,1-3H3,(H2,18,19,20);1H. The molecule has 1 atom stereocenters. The van der Waals surface area contributed by atoms with E-state index in [9.17, 15) is 14.9 Å². The van der Waals surface area contributed by atoms with Crippen molar-refractivity contribution in [2.24, 2.45) is 10.9 Å². The second kappa shape index (κ2) is 10.3. The third kappa shape index (κ3) is 6.11. The van der Waals surface area contributed by atoms with Crippen LogP contribution in [0, 0.1) is 16.0 Å². The predicted octanol–water partition coefficient (Wildman–Crippen LogP) is 2.13. The number of aliphatic imine (C=N–C) groups is 1. The molecule has 0 aromatic heterocycles. The second-order valence-corrected chi connectivity index (χ2v) is 6.42. The summed E-state index contributed by atoms with van der Waals surface area (Å²) >= 11 is 0. The van der Waals surface area contributed by atoms with Gasteiger partial charge in [0, 0.05) is 50.8 Å². The predicted molar refractivity (Wildman–Crippen MR) is 112 cm³/mol. The average molecular weight is 475 g/mol. The Balaban J connectivity index is 0.00000338. The number of amides is 1. The molecule has 0 radical (unpaired) electrons. The molecule has 1 heterocycles. The second-order valence-electron chi connectivity index (χ2n) is 6.42. The molecule has 2 rings (SSSR count). The molecule has 1 amide bonds. The van der Waals surface area contributed by atoms with Gasteiger partial charge >= 0.3 is 0 Å². The van der Waals surface area contributed by atoms with Gasteiger partial charge in [-0.3, -0.25) is 19.9 Å². The van der Waals surface area contributed by atoms with Crippen LogP contribution in [0.15, 0.2) is 29.3 Å². The molecular weight excluding hydrogens is 449 g/mol. The molecule has 1 aromatic carbocycles. The van der Waals surface area contributed by atoms with Gasteiger partial charge in [-0.2, -0.15) is 0 Å². The van der Waals surface area contributed by atoms with E-state index in [4.69, 9.17) is 0 Å². The number of rotatable bonds is 5. The Morgan fingerprint density at radius 1 is 1.46 bits per heavy atom. The summed E-state index contributed by atoms with van der Waals surface area (Å²) in [5.74, 6) is 0.796.